The number of para-hydroxylation sites is 2. The molecule has 7 aromatic carbocycles. The van der Waals surface area contributed by atoms with E-state index in [1.165, 1.54) is 0 Å². The SMILES string of the molecule is Nc1ccc(C(=O)c2cccc(C(=O)c3ccc(N)c(Oc4ccccc4-c4ccccc4)c3)c2)cc1Oc1ccccc1-c1ccccc1. The summed E-state index contributed by atoms with van der Waals surface area (Å²) >= 11 is 0. The van der Waals surface area contributed by atoms with Crippen LogP contribution < -0.4 is 20.9 Å². The first kappa shape index (κ1) is 31.7. The normalized spacial score (nSPS) is 10.7. The van der Waals surface area contributed by atoms with Crippen LogP contribution >= 0.6 is 0 Å². The highest BCUT2D eigenvalue weighted by Gasteiger charge is 2.18. The first-order chi connectivity index (χ1) is 24.4. The molecule has 6 heteroatoms. The van der Waals surface area contributed by atoms with Gasteiger partial charge >= 0.3 is 0 Å². The predicted octanol–water partition coefficient (Wildman–Crippen LogP) is 10.2. The van der Waals surface area contributed by atoms with Crippen LogP contribution in [0.1, 0.15) is 31.8 Å². The minimum atomic E-state index is -0.278. The predicted molar refractivity (Wildman–Crippen MR) is 199 cm³/mol. The minimum Gasteiger partial charge on any atom is -0.455 e. The van der Waals surface area contributed by atoms with Gasteiger partial charge in [0.15, 0.2) is 23.1 Å². The summed E-state index contributed by atoms with van der Waals surface area (Å²) < 4.78 is 12.6. The van der Waals surface area contributed by atoms with Gasteiger partial charge in [-0.15, -0.1) is 0 Å². The molecule has 0 heterocycles. The van der Waals surface area contributed by atoms with Crippen LogP contribution in [0.2, 0.25) is 0 Å². The number of rotatable bonds is 10. The number of anilines is 2. The first-order valence-electron chi connectivity index (χ1n) is 16.1. The third-order valence-corrected chi connectivity index (χ3v) is 8.32. The van der Waals surface area contributed by atoms with Crippen molar-refractivity contribution in [3.8, 4) is 45.3 Å². The Hall–Kier alpha value is -6.92. The highest BCUT2D eigenvalue weighted by Crippen LogP contribution is 2.37. The standard InChI is InChI=1S/C44H32N2O4/c45-37-24-22-33(27-41(37)49-39-20-9-7-18-35(39)29-12-3-1-4-13-29)43(47)31-16-11-17-32(26-31)44(48)34-23-25-38(46)42(28-34)50-40-21-10-8-19-36(40)30-14-5-2-6-15-30/h1-28H,45-46H2. The Morgan fingerprint density at radius 3 is 1.18 bits per heavy atom. The van der Waals surface area contributed by atoms with Crippen LogP contribution in [0.4, 0.5) is 11.4 Å². The van der Waals surface area contributed by atoms with Gasteiger partial charge < -0.3 is 20.9 Å². The molecule has 0 spiro atoms. The van der Waals surface area contributed by atoms with Gasteiger partial charge in [-0.25, -0.2) is 0 Å². The number of nitrogens with two attached hydrogens (primary N) is 2. The summed E-state index contributed by atoms with van der Waals surface area (Å²) in [6.07, 6.45) is 0. The summed E-state index contributed by atoms with van der Waals surface area (Å²) in [5.74, 6) is 1.37. The van der Waals surface area contributed by atoms with Crippen LogP contribution in [0.5, 0.6) is 23.0 Å². The fourth-order valence-corrected chi connectivity index (χ4v) is 5.72. The Balaban J connectivity index is 1.13. The van der Waals surface area contributed by atoms with Crippen molar-refractivity contribution in [3.63, 3.8) is 0 Å². The van der Waals surface area contributed by atoms with Crippen LogP contribution in [0.3, 0.4) is 0 Å². The summed E-state index contributed by atoms with van der Waals surface area (Å²) in [6, 6.07) is 51.6. The molecule has 0 aliphatic rings. The number of ketones is 2. The van der Waals surface area contributed by atoms with Crippen molar-refractivity contribution in [3.05, 3.63) is 192 Å². The molecule has 0 radical (unpaired) electrons. The van der Waals surface area contributed by atoms with Crippen molar-refractivity contribution < 1.29 is 19.1 Å². The van der Waals surface area contributed by atoms with E-state index in [1.54, 1.807) is 60.7 Å². The summed E-state index contributed by atoms with van der Waals surface area (Å²) in [6.45, 7) is 0. The molecular formula is C44H32N2O4. The molecule has 6 nitrogen and oxygen atoms in total. The monoisotopic (exact) mass is 652 g/mol. The quantitative estimate of drug-likeness (QED) is 0.113. The molecule has 7 aromatic rings. The van der Waals surface area contributed by atoms with E-state index < -0.39 is 0 Å². The Kier molecular flexibility index (Phi) is 8.90. The second-order valence-electron chi connectivity index (χ2n) is 11.7. The smallest absolute Gasteiger partial charge is 0.193 e. The topological polar surface area (TPSA) is 105 Å². The summed E-state index contributed by atoms with van der Waals surface area (Å²) in [5, 5.41) is 0. The number of benzene rings is 7. The maximum Gasteiger partial charge on any atom is 0.193 e. The van der Waals surface area contributed by atoms with Crippen molar-refractivity contribution in [2.24, 2.45) is 0 Å². The van der Waals surface area contributed by atoms with Crippen LogP contribution in [0.25, 0.3) is 22.3 Å². The highest BCUT2D eigenvalue weighted by molar-refractivity contribution is 6.13. The van der Waals surface area contributed by atoms with E-state index in [-0.39, 0.29) is 11.6 Å². The molecule has 7 rings (SSSR count). The number of ether oxygens (including phenoxy) is 2. The molecule has 0 bridgehead atoms. The Morgan fingerprint density at radius 2 is 0.740 bits per heavy atom. The maximum atomic E-state index is 13.8. The van der Waals surface area contributed by atoms with E-state index in [0.29, 0.717) is 56.6 Å². The lowest BCUT2D eigenvalue weighted by atomic mass is 9.97. The lowest BCUT2D eigenvalue weighted by Gasteiger charge is -2.14. The molecule has 242 valence electrons. The molecule has 0 atom stereocenters. The molecule has 0 unspecified atom stereocenters. The first-order valence-corrected chi connectivity index (χ1v) is 16.1. The van der Waals surface area contributed by atoms with Crippen LogP contribution in [-0.2, 0) is 0 Å². The van der Waals surface area contributed by atoms with E-state index >= 15 is 0 Å². The molecule has 0 aliphatic carbocycles. The van der Waals surface area contributed by atoms with Crippen molar-refractivity contribution in [2.45, 2.75) is 0 Å². The van der Waals surface area contributed by atoms with Gasteiger partial charge in [-0.1, -0.05) is 115 Å². The van der Waals surface area contributed by atoms with E-state index in [4.69, 9.17) is 20.9 Å². The molecule has 0 amide bonds. The lowest BCUT2D eigenvalue weighted by Crippen LogP contribution is -2.07. The van der Waals surface area contributed by atoms with Gasteiger partial charge in [0.1, 0.15) is 11.5 Å². The van der Waals surface area contributed by atoms with Crippen LogP contribution in [0.15, 0.2) is 170 Å². The number of nitrogen functional groups attached to an aromatic ring is 2. The lowest BCUT2D eigenvalue weighted by molar-refractivity contribution is 0.103. The largest absolute Gasteiger partial charge is 0.455 e. The van der Waals surface area contributed by atoms with Crippen molar-refractivity contribution in [1.29, 1.82) is 0 Å². The summed E-state index contributed by atoms with van der Waals surface area (Å²) in [4.78, 5) is 27.5. The highest BCUT2D eigenvalue weighted by atomic mass is 16.5. The van der Waals surface area contributed by atoms with Crippen molar-refractivity contribution in [1.82, 2.24) is 0 Å². The fourth-order valence-electron chi connectivity index (χ4n) is 5.72. The molecule has 0 aliphatic heterocycles. The van der Waals surface area contributed by atoms with Gasteiger partial charge in [0.05, 0.1) is 11.4 Å². The fraction of sp³-hybridized carbons (Fsp3) is 0. The maximum absolute atomic E-state index is 13.8. The van der Waals surface area contributed by atoms with E-state index in [2.05, 4.69) is 0 Å². The molecule has 50 heavy (non-hydrogen) atoms. The van der Waals surface area contributed by atoms with E-state index in [0.717, 1.165) is 22.3 Å². The minimum absolute atomic E-state index is 0.278. The Morgan fingerprint density at radius 1 is 0.360 bits per heavy atom. The number of carbonyl (C=O) groups excluding carboxylic acids is 2. The molecule has 0 saturated heterocycles. The molecule has 0 aromatic heterocycles. The zero-order valence-corrected chi connectivity index (χ0v) is 27.0. The van der Waals surface area contributed by atoms with Gasteiger partial charge in [-0.2, -0.15) is 0 Å². The molecule has 0 fully saturated rings. The Bertz CT molecular complexity index is 2170. The average molecular weight is 653 g/mol. The molecular weight excluding hydrogens is 620 g/mol. The number of hydrogen-bond acceptors (Lipinski definition) is 6. The van der Waals surface area contributed by atoms with E-state index in [1.807, 2.05) is 109 Å². The second-order valence-corrected chi connectivity index (χ2v) is 11.7. The summed E-state index contributed by atoms with van der Waals surface area (Å²) in [5.41, 5.74) is 18.6. The molecule has 0 saturated carbocycles. The average Bonchev–Trinajstić information content (AvgIpc) is 3.17. The van der Waals surface area contributed by atoms with Crippen molar-refractivity contribution in [2.75, 3.05) is 11.5 Å². The third-order valence-electron chi connectivity index (χ3n) is 8.32. The van der Waals surface area contributed by atoms with Gasteiger partial charge in [0.25, 0.3) is 0 Å². The number of carbonyl (C=O) groups is 2. The van der Waals surface area contributed by atoms with E-state index in [9.17, 15) is 9.59 Å². The third kappa shape index (κ3) is 6.72. The summed E-state index contributed by atoms with van der Waals surface area (Å²) in [7, 11) is 0. The van der Waals surface area contributed by atoms with Gasteiger partial charge in [0, 0.05) is 33.4 Å². The Labute approximate surface area is 290 Å². The van der Waals surface area contributed by atoms with Crippen LogP contribution in [0, 0.1) is 0 Å². The van der Waals surface area contributed by atoms with Gasteiger partial charge in [-0.05, 0) is 65.7 Å². The number of hydrogen-bond donors (Lipinski definition) is 2. The zero-order valence-electron chi connectivity index (χ0n) is 27.0. The van der Waals surface area contributed by atoms with Crippen LogP contribution in [-0.4, -0.2) is 11.6 Å². The molecule has 4 N–H and O–H groups in total. The van der Waals surface area contributed by atoms with Gasteiger partial charge in [0.2, 0.25) is 0 Å². The van der Waals surface area contributed by atoms with Crippen molar-refractivity contribution >= 4 is 22.9 Å². The van der Waals surface area contributed by atoms with Gasteiger partial charge in [-0.3, -0.25) is 9.59 Å². The second kappa shape index (κ2) is 14.1. The zero-order chi connectivity index (χ0) is 34.5.